The molecule has 0 radical (unpaired) electrons. The minimum Gasteiger partial charge on any atom is -0.475 e. The van der Waals surface area contributed by atoms with Gasteiger partial charge in [0, 0.05) is 6.92 Å². The molecule has 1 aliphatic rings. The van der Waals surface area contributed by atoms with Crippen molar-refractivity contribution in [2.45, 2.75) is 49.8 Å². The first-order chi connectivity index (χ1) is 12.1. The fourth-order valence-electron chi connectivity index (χ4n) is 2.18. The van der Waals surface area contributed by atoms with Crippen molar-refractivity contribution >= 4 is 18.2 Å². The van der Waals surface area contributed by atoms with Gasteiger partial charge in [-0.25, -0.2) is 4.79 Å². The fourth-order valence-corrected chi connectivity index (χ4v) is 2.18. The van der Waals surface area contributed by atoms with Gasteiger partial charge >= 0.3 is 5.97 Å². The van der Waals surface area contributed by atoms with Crippen molar-refractivity contribution in [1.82, 2.24) is 5.32 Å². The summed E-state index contributed by atoms with van der Waals surface area (Å²) in [5.74, 6) is -3.01. The lowest BCUT2D eigenvalue weighted by Crippen LogP contribution is -2.57. The number of carboxylic acid groups (broad SMARTS) is 1. The van der Waals surface area contributed by atoms with Crippen LogP contribution in [0.5, 0.6) is 0 Å². The van der Waals surface area contributed by atoms with Crippen LogP contribution >= 0.6 is 0 Å². The molecule has 0 saturated heterocycles. The Kier molecular flexibility index (Phi) is 8.08. The summed E-state index contributed by atoms with van der Waals surface area (Å²) in [5, 5.41) is 59.6. The Balaban J connectivity index is 3.03. The first kappa shape index (κ1) is 22.0. The van der Waals surface area contributed by atoms with E-state index in [0.717, 1.165) is 6.92 Å². The molecule has 0 saturated carbocycles. The van der Waals surface area contributed by atoms with Crippen LogP contribution in [0.4, 0.5) is 0 Å². The summed E-state index contributed by atoms with van der Waals surface area (Å²) in [4.78, 5) is 33.1. The Hall–Kier alpha value is -2.09. The Bertz CT molecular complexity index is 551. The van der Waals surface area contributed by atoms with Crippen molar-refractivity contribution in [3.8, 4) is 0 Å². The number of ether oxygens (including phenoxy) is 2. The highest BCUT2D eigenvalue weighted by Gasteiger charge is 2.42. The van der Waals surface area contributed by atoms with Crippen LogP contribution in [0.3, 0.4) is 0 Å². The molecule has 0 spiro atoms. The van der Waals surface area contributed by atoms with E-state index in [2.05, 4.69) is 5.32 Å². The molecule has 0 aromatic heterocycles. The standard InChI is InChI=1S/C14H21NO11/c1-5(18)15-6(3-16)10(21)12(8(20)4-17)26-14-11(22)7(19)2-9(25-14)13(23)24/h2-3,6-8,10-12,14,17,19-22H,4H2,1H3,(H,15,18)(H,23,24)/t6-,7+,8+,10+,11-,12-,14+/m1/s1. The van der Waals surface area contributed by atoms with Gasteiger partial charge in [-0.2, -0.15) is 0 Å². The lowest BCUT2D eigenvalue weighted by Gasteiger charge is -2.36. The van der Waals surface area contributed by atoms with E-state index < -0.39 is 67.1 Å². The van der Waals surface area contributed by atoms with E-state index in [1.807, 2.05) is 0 Å². The molecule has 148 valence electrons. The smallest absolute Gasteiger partial charge is 0.371 e. The van der Waals surface area contributed by atoms with Gasteiger partial charge in [-0.15, -0.1) is 0 Å². The third kappa shape index (κ3) is 5.45. The third-order valence-electron chi connectivity index (χ3n) is 3.48. The molecule has 7 N–H and O–H groups in total. The summed E-state index contributed by atoms with van der Waals surface area (Å²) in [6, 6.07) is -1.54. The average molecular weight is 379 g/mol. The van der Waals surface area contributed by atoms with E-state index in [1.165, 1.54) is 0 Å². The van der Waals surface area contributed by atoms with Gasteiger partial charge < -0.3 is 50.2 Å². The summed E-state index contributed by atoms with van der Waals surface area (Å²) < 4.78 is 9.98. The number of amides is 1. The maximum atomic E-state index is 11.1. The molecule has 0 aromatic rings. The molecular weight excluding hydrogens is 358 g/mol. The van der Waals surface area contributed by atoms with Crippen LogP contribution < -0.4 is 5.32 Å². The van der Waals surface area contributed by atoms with Crippen molar-refractivity contribution in [3.05, 3.63) is 11.8 Å². The number of aldehydes is 1. The number of carbonyl (C=O) groups excluding carboxylic acids is 2. The van der Waals surface area contributed by atoms with Crippen molar-refractivity contribution in [2.75, 3.05) is 6.61 Å². The molecule has 1 heterocycles. The number of hydrogen-bond acceptors (Lipinski definition) is 10. The van der Waals surface area contributed by atoms with Gasteiger partial charge in [0.05, 0.1) is 6.61 Å². The Morgan fingerprint density at radius 1 is 1.38 bits per heavy atom. The molecule has 1 amide bonds. The monoisotopic (exact) mass is 379 g/mol. The van der Waals surface area contributed by atoms with Crippen LogP contribution in [0.25, 0.3) is 0 Å². The van der Waals surface area contributed by atoms with Crippen molar-refractivity contribution in [1.29, 1.82) is 0 Å². The Morgan fingerprint density at radius 3 is 2.46 bits per heavy atom. The van der Waals surface area contributed by atoms with Gasteiger partial charge in [-0.3, -0.25) is 4.79 Å². The average Bonchev–Trinajstić information content (AvgIpc) is 2.59. The largest absolute Gasteiger partial charge is 0.475 e. The molecule has 0 fully saturated rings. The van der Waals surface area contributed by atoms with Gasteiger partial charge in [0.2, 0.25) is 18.0 Å². The summed E-state index contributed by atoms with van der Waals surface area (Å²) in [6.07, 6.45) is -9.96. The second-order valence-electron chi connectivity index (χ2n) is 5.51. The fraction of sp³-hybridized carbons (Fsp3) is 0.643. The van der Waals surface area contributed by atoms with Crippen LogP contribution in [0.1, 0.15) is 6.92 Å². The molecule has 1 aliphatic heterocycles. The molecular formula is C14H21NO11. The van der Waals surface area contributed by atoms with Crippen LogP contribution in [-0.2, 0) is 23.9 Å². The number of aliphatic hydroxyl groups excluding tert-OH is 5. The van der Waals surface area contributed by atoms with Crippen LogP contribution in [0, 0.1) is 0 Å². The molecule has 12 nitrogen and oxygen atoms in total. The SMILES string of the molecule is CC(=O)N[C@H](C=O)[C@H](O)[C@H](O[C@@H]1OC(C(=O)O)=C[C@H](O)[C@H]1O)[C@@H](O)CO. The van der Waals surface area contributed by atoms with E-state index >= 15 is 0 Å². The minimum absolute atomic E-state index is 0.155. The zero-order valence-electron chi connectivity index (χ0n) is 13.6. The van der Waals surface area contributed by atoms with Crippen molar-refractivity contribution in [3.63, 3.8) is 0 Å². The van der Waals surface area contributed by atoms with E-state index in [0.29, 0.717) is 6.08 Å². The molecule has 0 unspecified atom stereocenters. The molecule has 7 atom stereocenters. The predicted molar refractivity (Wildman–Crippen MR) is 80.2 cm³/mol. The quantitative estimate of drug-likeness (QED) is 0.191. The highest BCUT2D eigenvalue weighted by molar-refractivity contribution is 5.84. The zero-order valence-corrected chi connectivity index (χ0v) is 13.6. The molecule has 0 aromatic carbocycles. The van der Waals surface area contributed by atoms with Gasteiger partial charge in [0.1, 0.15) is 42.8 Å². The lowest BCUT2D eigenvalue weighted by atomic mass is 10.0. The predicted octanol–water partition coefficient (Wildman–Crippen LogP) is -4.16. The highest BCUT2D eigenvalue weighted by atomic mass is 16.7. The van der Waals surface area contributed by atoms with Gasteiger partial charge in [0.15, 0.2) is 0 Å². The van der Waals surface area contributed by atoms with E-state index in [9.17, 15) is 34.8 Å². The number of carboxylic acids is 1. The number of nitrogens with one attached hydrogen (secondary N) is 1. The lowest BCUT2D eigenvalue weighted by molar-refractivity contribution is -0.256. The number of rotatable bonds is 9. The van der Waals surface area contributed by atoms with Gasteiger partial charge in [-0.1, -0.05) is 0 Å². The first-order valence-corrected chi connectivity index (χ1v) is 7.45. The Morgan fingerprint density at radius 2 is 2.00 bits per heavy atom. The maximum Gasteiger partial charge on any atom is 0.371 e. The number of aliphatic carboxylic acids is 1. The van der Waals surface area contributed by atoms with Crippen LogP contribution in [0.2, 0.25) is 0 Å². The van der Waals surface area contributed by atoms with Crippen molar-refractivity contribution < 1.29 is 54.5 Å². The van der Waals surface area contributed by atoms with Crippen molar-refractivity contribution in [2.24, 2.45) is 0 Å². The second kappa shape index (κ2) is 9.56. The summed E-state index contributed by atoms with van der Waals surface area (Å²) in [5.41, 5.74) is 0. The van der Waals surface area contributed by atoms with E-state index in [1.54, 1.807) is 0 Å². The molecule has 26 heavy (non-hydrogen) atoms. The highest BCUT2D eigenvalue weighted by Crippen LogP contribution is 2.23. The summed E-state index contributed by atoms with van der Waals surface area (Å²) in [7, 11) is 0. The molecule has 0 bridgehead atoms. The minimum atomic E-state index is -1.90. The number of aliphatic hydroxyl groups is 5. The number of carbonyl (C=O) groups is 3. The van der Waals surface area contributed by atoms with Gasteiger partial charge in [0.25, 0.3) is 0 Å². The topological polar surface area (TPSA) is 203 Å². The first-order valence-electron chi connectivity index (χ1n) is 7.45. The maximum absolute atomic E-state index is 11.1. The van der Waals surface area contributed by atoms with Crippen LogP contribution in [0.15, 0.2) is 11.8 Å². The summed E-state index contributed by atoms with van der Waals surface area (Å²) in [6.45, 7) is 0.121. The molecule has 0 aliphatic carbocycles. The summed E-state index contributed by atoms with van der Waals surface area (Å²) >= 11 is 0. The van der Waals surface area contributed by atoms with Gasteiger partial charge in [-0.05, 0) is 6.08 Å². The van der Waals surface area contributed by atoms with E-state index in [-0.39, 0.29) is 6.29 Å². The van der Waals surface area contributed by atoms with Crippen LogP contribution in [-0.4, -0.2) is 98.3 Å². The van der Waals surface area contributed by atoms with E-state index in [4.69, 9.17) is 19.7 Å². The normalized spacial score (nSPS) is 27.3. The second-order valence-corrected chi connectivity index (χ2v) is 5.51. The Labute approximate surface area is 147 Å². The third-order valence-corrected chi connectivity index (χ3v) is 3.48. The zero-order chi connectivity index (χ0) is 20.0. The molecule has 12 heteroatoms. The number of hydrogen-bond donors (Lipinski definition) is 7. The molecule has 1 rings (SSSR count).